The first-order valence-electron chi connectivity index (χ1n) is 4.21. The Bertz CT molecular complexity index is 384. The van der Waals surface area contributed by atoms with Crippen LogP contribution in [0.4, 0.5) is 4.39 Å². The highest BCUT2D eigenvalue weighted by Gasteiger charge is 2.24. The summed E-state index contributed by atoms with van der Waals surface area (Å²) in [5.74, 6) is -1.72. The van der Waals surface area contributed by atoms with Crippen molar-refractivity contribution in [1.29, 1.82) is 0 Å². The molecule has 0 fully saturated rings. The highest BCUT2D eigenvalue weighted by molar-refractivity contribution is 5.79. The van der Waals surface area contributed by atoms with Crippen LogP contribution in [0.1, 0.15) is 17.2 Å². The van der Waals surface area contributed by atoms with Crippen molar-refractivity contribution >= 4 is 5.91 Å². The number of primary amides is 1. The standard InChI is InChI=1S/C9H11FN2O3/c1-4-2-5(3-12-8(4)10)6(13)7(14)9(11)15/h2-3,6-7,13-14H,1H3,(H2,11,15). The molecule has 0 saturated heterocycles. The van der Waals surface area contributed by atoms with Crippen molar-refractivity contribution in [3.05, 3.63) is 29.3 Å². The summed E-state index contributed by atoms with van der Waals surface area (Å²) in [5, 5.41) is 18.6. The van der Waals surface area contributed by atoms with Gasteiger partial charge in [-0.05, 0) is 13.0 Å². The van der Waals surface area contributed by atoms with Gasteiger partial charge in [-0.25, -0.2) is 4.98 Å². The van der Waals surface area contributed by atoms with Crippen LogP contribution in [-0.2, 0) is 4.79 Å². The summed E-state index contributed by atoms with van der Waals surface area (Å²) in [6, 6.07) is 1.29. The second-order valence-corrected chi connectivity index (χ2v) is 3.17. The molecule has 0 radical (unpaired) electrons. The number of amides is 1. The zero-order chi connectivity index (χ0) is 11.6. The summed E-state index contributed by atoms with van der Waals surface area (Å²) in [5.41, 5.74) is 5.15. The first-order chi connectivity index (χ1) is 6.93. The molecule has 15 heavy (non-hydrogen) atoms. The van der Waals surface area contributed by atoms with E-state index in [0.29, 0.717) is 0 Å². The number of nitrogens with two attached hydrogens (primary N) is 1. The quantitative estimate of drug-likeness (QED) is 0.586. The molecule has 2 atom stereocenters. The van der Waals surface area contributed by atoms with Crippen molar-refractivity contribution in [2.24, 2.45) is 5.73 Å². The van der Waals surface area contributed by atoms with Crippen molar-refractivity contribution < 1.29 is 19.4 Å². The number of hydrogen-bond acceptors (Lipinski definition) is 4. The normalized spacial score (nSPS) is 14.7. The summed E-state index contributed by atoms with van der Waals surface area (Å²) < 4.78 is 12.8. The topological polar surface area (TPSA) is 96.4 Å². The van der Waals surface area contributed by atoms with Gasteiger partial charge in [-0.1, -0.05) is 0 Å². The molecule has 1 heterocycles. The molecule has 0 aliphatic rings. The lowest BCUT2D eigenvalue weighted by Crippen LogP contribution is -2.33. The van der Waals surface area contributed by atoms with E-state index in [0.717, 1.165) is 6.20 Å². The third kappa shape index (κ3) is 2.48. The van der Waals surface area contributed by atoms with Gasteiger partial charge in [-0.3, -0.25) is 4.79 Å². The number of aliphatic hydroxyl groups excluding tert-OH is 2. The minimum atomic E-state index is -1.73. The van der Waals surface area contributed by atoms with Crippen molar-refractivity contribution in [2.45, 2.75) is 19.1 Å². The van der Waals surface area contributed by atoms with Crippen molar-refractivity contribution in [1.82, 2.24) is 4.98 Å². The number of aromatic nitrogens is 1. The van der Waals surface area contributed by atoms with Crippen molar-refractivity contribution in [3.8, 4) is 0 Å². The lowest BCUT2D eigenvalue weighted by atomic mass is 10.0. The SMILES string of the molecule is Cc1cc(C(O)C(O)C(N)=O)cnc1F. The van der Waals surface area contributed by atoms with Crippen LogP contribution in [0.15, 0.2) is 12.3 Å². The third-order valence-corrected chi connectivity index (χ3v) is 1.97. The number of carbonyl (C=O) groups excluding carboxylic acids is 1. The minimum Gasteiger partial charge on any atom is -0.385 e. The predicted octanol–water partition coefficient (Wildman–Crippen LogP) is -0.591. The summed E-state index contributed by atoms with van der Waals surface area (Å²) in [6.07, 6.45) is -2.18. The van der Waals surface area contributed by atoms with Gasteiger partial charge < -0.3 is 15.9 Å². The predicted molar refractivity (Wildman–Crippen MR) is 49.1 cm³/mol. The van der Waals surface area contributed by atoms with Crippen LogP contribution in [0.2, 0.25) is 0 Å². The van der Waals surface area contributed by atoms with Crippen LogP contribution in [0.5, 0.6) is 0 Å². The number of hydrogen-bond donors (Lipinski definition) is 3. The first kappa shape index (κ1) is 11.5. The molecule has 0 aliphatic heterocycles. The second kappa shape index (κ2) is 4.33. The summed E-state index contributed by atoms with van der Waals surface area (Å²) in [4.78, 5) is 13.9. The van der Waals surface area contributed by atoms with E-state index in [4.69, 9.17) is 10.8 Å². The van der Waals surface area contributed by atoms with E-state index >= 15 is 0 Å². The number of aliphatic hydroxyl groups is 2. The molecule has 2 unspecified atom stereocenters. The van der Waals surface area contributed by atoms with Gasteiger partial charge in [0.1, 0.15) is 6.10 Å². The maximum absolute atomic E-state index is 12.8. The fourth-order valence-electron chi connectivity index (χ4n) is 1.08. The van der Waals surface area contributed by atoms with E-state index in [1.807, 2.05) is 0 Å². The number of pyridine rings is 1. The number of aryl methyl sites for hydroxylation is 1. The van der Waals surface area contributed by atoms with E-state index in [1.165, 1.54) is 13.0 Å². The van der Waals surface area contributed by atoms with Gasteiger partial charge in [-0.15, -0.1) is 0 Å². The minimum absolute atomic E-state index is 0.139. The largest absolute Gasteiger partial charge is 0.385 e. The summed E-state index contributed by atoms with van der Waals surface area (Å²) in [6.45, 7) is 1.45. The molecule has 0 saturated carbocycles. The Morgan fingerprint density at radius 2 is 2.20 bits per heavy atom. The Morgan fingerprint density at radius 3 is 2.67 bits per heavy atom. The molecule has 6 heteroatoms. The molecule has 1 aromatic heterocycles. The van der Waals surface area contributed by atoms with Crippen LogP contribution in [0.3, 0.4) is 0 Å². The van der Waals surface area contributed by atoms with Gasteiger partial charge in [0.15, 0.2) is 6.10 Å². The van der Waals surface area contributed by atoms with Crippen molar-refractivity contribution in [3.63, 3.8) is 0 Å². The molecule has 5 nitrogen and oxygen atoms in total. The zero-order valence-corrected chi connectivity index (χ0v) is 8.01. The Morgan fingerprint density at radius 1 is 1.60 bits per heavy atom. The molecule has 0 bridgehead atoms. The molecule has 1 aromatic rings. The highest BCUT2D eigenvalue weighted by Crippen LogP contribution is 2.17. The van der Waals surface area contributed by atoms with E-state index < -0.39 is 24.1 Å². The third-order valence-electron chi connectivity index (χ3n) is 1.97. The first-order valence-corrected chi connectivity index (χ1v) is 4.21. The Kier molecular flexibility index (Phi) is 3.33. The molecule has 0 aliphatic carbocycles. The average Bonchev–Trinajstić information content (AvgIpc) is 2.19. The summed E-state index contributed by atoms with van der Waals surface area (Å²) in [7, 11) is 0. The fourth-order valence-corrected chi connectivity index (χ4v) is 1.08. The Balaban J connectivity index is 2.96. The molecule has 0 aromatic carbocycles. The maximum Gasteiger partial charge on any atom is 0.249 e. The lowest BCUT2D eigenvalue weighted by Gasteiger charge is -2.15. The van der Waals surface area contributed by atoms with Gasteiger partial charge >= 0.3 is 0 Å². The monoisotopic (exact) mass is 214 g/mol. The zero-order valence-electron chi connectivity index (χ0n) is 8.01. The lowest BCUT2D eigenvalue weighted by molar-refractivity contribution is -0.131. The Hall–Kier alpha value is -1.53. The average molecular weight is 214 g/mol. The van der Waals surface area contributed by atoms with E-state index in [1.54, 1.807) is 0 Å². The molecular weight excluding hydrogens is 203 g/mol. The van der Waals surface area contributed by atoms with E-state index in [2.05, 4.69) is 4.98 Å². The summed E-state index contributed by atoms with van der Waals surface area (Å²) >= 11 is 0. The van der Waals surface area contributed by atoms with Crippen LogP contribution in [0, 0.1) is 12.9 Å². The van der Waals surface area contributed by atoms with Crippen LogP contribution in [-0.4, -0.2) is 27.2 Å². The van der Waals surface area contributed by atoms with Gasteiger partial charge in [0, 0.05) is 17.3 Å². The van der Waals surface area contributed by atoms with Crippen LogP contribution in [0.25, 0.3) is 0 Å². The fraction of sp³-hybridized carbons (Fsp3) is 0.333. The smallest absolute Gasteiger partial charge is 0.249 e. The van der Waals surface area contributed by atoms with Gasteiger partial charge in [0.2, 0.25) is 11.9 Å². The van der Waals surface area contributed by atoms with Crippen molar-refractivity contribution in [2.75, 3.05) is 0 Å². The molecule has 82 valence electrons. The number of halogens is 1. The number of nitrogens with zero attached hydrogens (tertiary/aromatic N) is 1. The molecule has 1 amide bonds. The van der Waals surface area contributed by atoms with Gasteiger partial charge in [-0.2, -0.15) is 4.39 Å². The van der Waals surface area contributed by atoms with E-state index in [-0.39, 0.29) is 11.1 Å². The number of carbonyl (C=O) groups is 1. The molecular formula is C9H11FN2O3. The van der Waals surface area contributed by atoms with Gasteiger partial charge in [0.05, 0.1) is 0 Å². The van der Waals surface area contributed by atoms with Crippen LogP contribution >= 0.6 is 0 Å². The molecule has 4 N–H and O–H groups in total. The molecule has 1 rings (SSSR count). The number of rotatable bonds is 3. The maximum atomic E-state index is 12.8. The molecule has 0 spiro atoms. The second-order valence-electron chi connectivity index (χ2n) is 3.17. The van der Waals surface area contributed by atoms with Crippen LogP contribution < -0.4 is 5.73 Å². The Labute approximate surface area is 85.4 Å². The van der Waals surface area contributed by atoms with E-state index in [9.17, 15) is 14.3 Å². The highest BCUT2D eigenvalue weighted by atomic mass is 19.1. The van der Waals surface area contributed by atoms with Gasteiger partial charge in [0.25, 0.3) is 0 Å².